The number of aryl methyl sites for hydroxylation is 1. The first kappa shape index (κ1) is 10.1. The molecule has 2 heteroatoms. The molecule has 2 aromatic rings. The van der Waals surface area contributed by atoms with Gasteiger partial charge in [0.05, 0.1) is 0 Å². The molecule has 0 saturated heterocycles. The van der Waals surface area contributed by atoms with Gasteiger partial charge in [-0.2, -0.15) is 4.57 Å². The fraction of sp³-hybridized carbons (Fsp3) is 0.312. The number of hydrogen-bond donors (Lipinski definition) is 0. The highest BCUT2D eigenvalue weighted by molar-refractivity contribution is 5.53. The summed E-state index contributed by atoms with van der Waals surface area (Å²) in [6.07, 6.45) is 4.83. The number of allylic oxidation sites excluding steroid dienone is 1. The summed E-state index contributed by atoms with van der Waals surface area (Å²) < 4.78 is 12.7. The number of fused-ring (bicyclic) bond motifs is 1. The van der Waals surface area contributed by atoms with Gasteiger partial charge < -0.3 is 0 Å². The highest BCUT2D eigenvalue weighted by Gasteiger charge is 2.34. The SMILES string of the molecule is [2H]c1n2c(c(C)[n+]1-c1ccccc1C)C=CC2(C)C. The fourth-order valence-corrected chi connectivity index (χ4v) is 2.55. The van der Waals surface area contributed by atoms with Crippen LogP contribution in [0.1, 0.15) is 32.2 Å². The first-order valence-electron chi connectivity index (χ1n) is 6.83. The van der Waals surface area contributed by atoms with E-state index in [-0.39, 0.29) is 5.54 Å². The number of rotatable bonds is 1. The Bertz CT molecular complexity index is 693. The predicted octanol–water partition coefficient (Wildman–Crippen LogP) is 3.14. The Balaban J connectivity index is 2.32. The second-order valence-corrected chi connectivity index (χ2v) is 5.51. The van der Waals surface area contributed by atoms with E-state index in [9.17, 15) is 0 Å². The molecule has 0 spiro atoms. The van der Waals surface area contributed by atoms with Crippen LogP contribution in [0.2, 0.25) is 0 Å². The van der Waals surface area contributed by atoms with Gasteiger partial charge >= 0.3 is 0 Å². The minimum absolute atomic E-state index is 0.120. The van der Waals surface area contributed by atoms with Gasteiger partial charge in [0.1, 0.15) is 11.2 Å². The van der Waals surface area contributed by atoms with Crippen LogP contribution in [-0.4, -0.2) is 4.57 Å². The molecular weight excluding hydrogens is 220 g/mol. The number of nitrogens with zero attached hydrogens (tertiary/aromatic N) is 2. The van der Waals surface area contributed by atoms with E-state index in [1.54, 1.807) is 0 Å². The van der Waals surface area contributed by atoms with Crippen molar-refractivity contribution in [1.82, 2.24) is 4.57 Å². The zero-order valence-electron chi connectivity index (χ0n) is 12.4. The van der Waals surface area contributed by atoms with Gasteiger partial charge in [0.2, 0.25) is 6.30 Å². The van der Waals surface area contributed by atoms with Gasteiger partial charge in [-0.15, -0.1) is 0 Å². The molecule has 2 heterocycles. The van der Waals surface area contributed by atoms with Gasteiger partial charge in [0.15, 0.2) is 12.8 Å². The molecule has 3 rings (SSSR count). The van der Waals surface area contributed by atoms with Crippen LogP contribution in [0.15, 0.2) is 36.6 Å². The van der Waals surface area contributed by atoms with Crippen LogP contribution in [0.3, 0.4) is 0 Å². The summed E-state index contributed by atoms with van der Waals surface area (Å²) in [5.41, 5.74) is 4.43. The number of aromatic nitrogens is 2. The third-order valence-corrected chi connectivity index (χ3v) is 3.73. The smallest absolute Gasteiger partial charge is 0.221 e. The number of imidazole rings is 1. The summed E-state index contributed by atoms with van der Waals surface area (Å²) >= 11 is 0. The number of para-hydroxylation sites is 1. The van der Waals surface area contributed by atoms with Crippen molar-refractivity contribution >= 4 is 6.08 Å². The van der Waals surface area contributed by atoms with Crippen molar-refractivity contribution in [3.63, 3.8) is 0 Å². The highest BCUT2D eigenvalue weighted by Crippen LogP contribution is 2.29. The van der Waals surface area contributed by atoms with Gasteiger partial charge in [0.25, 0.3) is 0 Å². The summed E-state index contributed by atoms with van der Waals surface area (Å²) in [5, 5.41) is 0. The van der Waals surface area contributed by atoms with Gasteiger partial charge in [-0.05, 0) is 44.6 Å². The first-order valence-corrected chi connectivity index (χ1v) is 6.33. The lowest BCUT2D eigenvalue weighted by atomic mass is 10.1. The van der Waals surface area contributed by atoms with Crippen molar-refractivity contribution in [1.29, 1.82) is 0 Å². The Hall–Kier alpha value is -1.83. The third-order valence-electron chi connectivity index (χ3n) is 3.73. The van der Waals surface area contributed by atoms with Crippen LogP contribution < -0.4 is 4.57 Å². The van der Waals surface area contributed by atoms with Gasteiger partial charge in [-0.25, -0.2) is 4.57 Å². The summed E-state index contributed by atoms with van der Waals surface area (Å²) in [6.45, 7) is 8.45. The zero-order chi connectivity index (χ0) is 13.8. The Labute approximate surface area is 110 Å². The molecule has 0 atom stereocenters. The Morgan fingerprint density at radius 1 is 1.22 bits per heavy atom. The van der Waals surface area contributed by atoms with Crippen LogP contribution in [0.5, 0.6) is 0 Å². The Kier molecular flexibility index (Phi) is 2.01. The molecule has 0 aliphatic carbocycles. The molecule has 0 radical (unpaired) electrons. The van der Waals surface area contributed by atoms with E-state index in [1.165, 1.54) is 5.56 Å². The van der Waals surface area contributed by atoms with Crippen molar-refractivity contribution < 1.29 is 5.94 Å². The second kappa shape index (κ2) is 3.58. The summed E-state index contributed by atoms with van der Waals surface area (Å²) in [5.74, 6) is 0. The Morgan fingerprint density at radius 3 is 2.61 bits per heavy atom. The van der Waals surface area contributed by atoms with E-state index < -0.39 is 0 Å². The molecule has 0 N–H and O–H groups in total. The van der Waals surface area contributed by atoms with Crippen LogP contribution in [0.4, 0.5) is 0 Å². The van der Waals surface area contributed by atoms with E-state index in [0.29, 0.717) is 6.30 Å². The van der Waals surface area contributed by atoms with Crippen molar-refractivity contribution in [2.75, 3.05) is 0 Å². The van der Waals surface area contributed by atoms with E-state index >= 15 is 0 Å². The predicted molar refractivity (Wildman–Crippen MR) is 73.8 cm³/mol. The molecule has 18 heavy (non-hydrogen) atoms. The largest absolute Gasteiger partial charge is 0.250 e. The van der Waals surface area contributed by atoms with Gasteiger partial charge in [-0.1, -0.05) is 18.2 Å². The van der Waals surface area contributed by atoms with Crippen LogP contribution in [0.25, 0.3) is 11.8 Å². The average Bonchev–Trinajstić information content (AvgIpc) is 2.79. The Morgan fingerprint density at radius 2 is 1.94 bits per heavy atom. The lowest BCUT2D eigenvalue weighted by molar-refractivity contribution is -0.602. The van der Waals surface area contributed by atoms with E-state index in [2.05, 4.69) is 56.5 Å². The monoisotopic (exact) mass is 240 g/mol. The van der Waals surface area contributed by atoms with Gasteiger partial charge in [0, 0.05) is 6.92 Å². The van der Waals surface area contributed by atoms with E-state index in [1.807, 2.05) is 16.7 Å². The first-order chi connectivity index (χ1) is 8.93. The quantitative estimate of drug-likeness (QED) is 0.677. The molecule has 0 unspecified atom stereocenters. The second-order valence-electron chi connectivity index (χ2n) is 5.51. The maximum Gasteiger partial charge on any atom is 0.250 e. The molecule has 92 valence electrons. The molecule has 0 amide bonds. The van der Waals surface area contributed by atoms with Crippen molar-refractivity contribution in [2.24, 2.45) is 0 Å². The van der Waals surface area contributed by atoms with E-state index in [4.69, 9.17) is 1.37 Å². The standard InChI is InChI=1S/C16H19N2/c1-12-7-5-6-8-14(12)17-11-18-15(13(17)2)9-10-16(18,3)4/h5-11H,1-4H3/q+1/i11D. The van der Waals surface area contributed by atoms with Gasteiger partial charge in [-0.3, -0.25) is 0 Å². The minimum atomic E-state index is -0.120. The van der Waals surface area contributed by atoms with Crippen molar-refractivity contribution in [3.8, 4) is 5.69 Å². The molecule has 1 aromatic heterocycles. The maximum atomic E-state index is 8.52. The summed E-state index contributed by atoms with van der Waals surface area (Å²) in [6, 6.07) is 8.22. The normalized spacial score (nSPS) is 16.8. The number of hydrogen-bond acceptors (Lipinski definition) is 0. The average molecular weight is 240 g/mol. The molecule has 1 aliphatic rings. The van der Waals surface area contributed by atoms with Crippen LogP contribution in [-0.2, 0) is 5.54 Å². The third kappa shape index (κ3) is 1.45. The summed E-state index contributed by atoms with van der Waals surface area (Å²) in [7, 11) is 0. The zero-order valence-corrected chi connectivity index (χ0v) is 11.4. The molecule has 1 aliphatic heterocycles. The fourth-order valence-electron chi connectivity index (χ4n) is 2.55. The molecule has 2 nitrogen and oxygen atoms in total. The van der Waals surface area contributed by atoms with Crippen LogP contribution >= 0.6 is 0 Å². The lowest BCUT2D eigenvalue weighted by Gasteiger charge is -2.12. The van der Waals surface area contributed by atoms with Crippen molar-refractivity contribution in [2.45, 2.75) is 33.2 Å². The number of benzene rings is 1. The molecule has 0 fully saturated rings. The highest BCUT2D eigenvalue weighted by atomic mass is 15.2. The van der Waals surface area contributed by atoms with E-state index in [0.717, 1.165) is 17.1 Å². The molecule has 0 saturated carbocycles. The lowest BCUT2D eigenvalue weighted by Crippen LogP contribution is -2.33. The summed E-state index contributed by atoms with van der Waals surface area (Å²) in [4.78, 5) is 0. The maximum absolute atomic E-state index is 8.52. The topological polar surface area (TPSA) is 8.81 Å². The minimum Gasteiger partial charge on any atom is -0.221 e. The molecule has 0 bridgehead atoms. The van der Waals surface area contributed by atoms with Crippen molar-refractivity contribution in [3.05, 3.63) is 53.6 Å². The molecular formula is C16H19N2+. The van der Waals surface area contributed by atoms with Crippen LogP contribution in [0, 0.1) is 13.8 Å². The molecule has 1 aromatic carbocycles.